The van der Waals surface area contributed by atoms with Gasteiger partial charge in [-0.05, 0) is 30.7 Å². The van der Waals surface area contributed by atoms with Gasteiger partial charge >= 0.3 is 5.97 Å². The molecule has 0 aliphatic carbocycles. The Balaban J connectivity index is 1.92. The first-order chi connectivity index (χ1) is 12.5. The van der Waals surface area contributed by atoms with Crippen molar-refractivity contribution >= 4 is 29.9 Å². The van der Waals surface area contributed by atoms with Gasteiger partial charge in [-0.15, -0.1) is 10.2 Å². The Morgan fingerprint density at radius 2 is 2.19 bits per heavy atom. The van der Waals surface area contributed by atoms with Crippen molar-refractivity contribution in [2.24, 2.45) is 12.1 Å². The molecule has 1 N–H and O–H groups in total. The van der Waals surface area contributed by atoms with Gasteiger partial charge < -0.3 is 14.0 Å². The van der Waals surface area contributed by atoms with Gasteiger partial charge in [-0.1, -0.05) is 11.8 Å². The van der Waals surface area contributed by atoms with E-state index in [1.54, 1.807) is 36.1 Å². The van der Waals surface area contributed by atoms with Crippen LogP contribution in [0.1, 0.15) is 19.4 Å². The van der Waals surface area contributed by atoms with E-state index >= 15 is 0 Å². The second kappa shape index (κ2) is 9.56. The Morgan fingerprint density at radius 1 is 1.38 bits per heavy atom. The predicted molar refractivity (Wildman–Crippen MR) is 96.4 cm³/mol. The quantitative estimate of drug-likeness (QED) is 0.243. The smallest absolute Gasteiger partial charge is 0.308 e. The Kier molecular flexibility index (Phi) is 7.15. The summed E-state index contributed by atoms with van der Waals surface area (Å²) in [5, 5.41) is 12.2. The molecule has 0 saturated carbocycles. The Morgan fingerprint density at radius 3 is 2.85 bits per heavy atom. The van der Waals surface area contributed by atoms with E-state index in [2.05, 4.69) is 20.7 Å². The van der Waals surface area contributed by atoms with Crippen LogP contribution in [0.4, 0.5) is 0 Å². The zero-order valence-electron chi connectivity index (χ0n) is 14.6. The Bertz CT molecular complexity index is 806. The summed E-state index contributed by atoms with van der Waals surface area (Å²) in [7, 11) is 1.80. The third-order valence-corrected chi connectivity index (χ3v) is 3.96. The standard InChI is InChI=1S/C16H19N5O4S/c1-4-24-14-7-12(5-6-13(14)25-11(2)22)8-17-19-15(23)9-26-16-20-18-10-21(16)3/h5-8,10H,4,9H2,1-3H3,(H,19,23)/b17-8-. The van der Waals surface area contributed by atoms with Crippen LogP contribution >= 0.6 is 11.8 Å². The van der Waals surface area contributed by atoms with Crippen molar-refractivity contribution in [3.05, 3.63) is 30.1 Å². The minimum absolute atomic E-state index is 0.166. The molecule has 1 amide bonds. The Hall–Kier alpha value is -2.88. The topological polar surface area (TPSA) is 108 Å². The van der Waals surface area contributed by atoms with Gasteiger partial charge in [0.05, 0.1) is 18.6 Å². The van der Waals surface area contributed by atoms with Gasteiger partial charge in [0.15, 0.2) is 16.7 Å². The van der Waals surface area contributed by atoms with E-state index < -0.39 is 5.97 Å². The maximum absolute atomic E-state index is 11.8. The number of ether oxygens (including phenoxy) is 2. The highest BCUT2D eigenvalue weighted by Crippen LogP contribution is 2.28. The van der Waals surface area contributed by atoms with Crippen LogP contribution in [0.3, 0.4) is 0 Å². The summed E-state index contributed by atoms with van der Waals surface area (Å²) in [5.41, 5.74) is 3.12. The van der Waals surface area contributed by atoms with E-state index in [-0.39, 0.29) is 11.7 Å². The molecule has 0 unspecified atom stereocenters. The fraction of sp³-hybridized carbons (Fsp3) is 0.312. The number of carbonyl (C=O) groups excluding carboxylic acids is 2. The summed E-state index contributed by atoms with van der Waals surface area (Å²) in [6, 6.07) is 4.98. The number of aryl methyl sites for hydroxylation is 1. The summed E-state index contributed by atoms with van der Waals surface area (Å²) in [4.78, 5) is 22.9. The third kappa shape index (κ3) is 5.88. The number of nitrogens with zero attached hydrogens (tertiary/aromatic N) is 4. The Labute approximate surface area is 154 Å². The number of benzene rings is 1. The number of hydrogen-bond acceptors (Lipinski definition) is 8. The number of hydrazone groups is 1. The molecule has 1 heterocycles. The molecule has 1 aromatic heterocycles. The number of rotatable bonds is 8. The van der Waals surface area contributed by atoms with Crippen LogP contribution < -0.4 is 14.9 Å². The van der Waals surface area contributed by atoms with Gasteiger partial charge in [-0.25, -0.2) is 5.43 Å². The van der Waals surface area contributed by atoms with Crippen molar-refractivity contribution in [1.29, 1.82) is 0 Å². The number of aromatic nitrogens is 3. The molecule has 1 aromatic carbocycles. The van der Waals surface area contributed by atoms with Crippen molar-refractivity contribution in [3.8, 4) is 11.5 Å². The van der Waals surface area contributed by atoms with Crippen molar-refractivity contribution in [3.63, 3.8) is 0 Å². The normalized spacial score (nSPS) is 10.7. The second-order valence-electron chi connectivity index (χ2n) is 5.04. The third-order valence-electron chi connectivity index (χ3n) is 2.93. The fourth-order valence-electron chi connectivity index (χ4n) is 1.86. The molecule has 0 bridgehead atoms. The molecule has 0 aliphatic rings. The maximum Gasteiger partial charge on any atom is 0.308 e. The van der Waals surface area contributed by atoms with E-state index in [9.17, 15) is 9.59 Å². The monoisotopic (exact) mass is 377 g/mol. The van der Waals surface area contributed by atoms with Gasteiger partial charge in [0.25, 0.3) is 5.91 Å². The van der Waals surface area contributed by atoms with Gasteiger partial charge in [0.2, 0.25) is 0 Å². The van der Waals surface area contributed by atoms with E-state index in [4.69, 9.17) is 9.47 Å². The molecule has 0 aliphatic heterocycles. The lowest BCUT2D eigenvalue weighted by atomic mass is 10.2. The predicted octanol–water partition coefficient (Wildman–Crippen LogP) is 1.38. The van der Waals surface area contributed by atoms with Crippen molar-refractivity contribution < 1.29 is 19.1 Å². The molecule has 2 rings (SSSR count). The number of amides is 1. The van der Waals surface area contributed by atoms with Gasteiger partial charge in [0, 0.05) is 14.0 Å². The minimum Gasteiger partial charge on any atom is -0.490 e. The second-order valence-corrected chi connectivity index (χ2v) is 5.98. The lowest BCUT2D eigenvalue weighted by molar-refractivity contribution is -0.132. The van der Waals surface area contributed by atoms with Gasteiger partial charge in [0.1, 0.15) is 6.33 Å². The lowest BCUT2D eigenvalue weighted by Crippen LogP contribution is -2.19. The van der Waals surface area contributed by atoms with Crippen LogP contribution in [0, 0.1) is 0 Å². The largest absolute Gasteiger partial charge is 0.490 e. The minimum atomic E-state index is -0.431. The van der Waals surface area contributed by atoms with Gasteiger partial charge in [-0.3, -0.25) is 9.59 Å². The van der Waals surface area contributed by atoms with E-state index in [1.807, 2.05) is 6.92 Å². The SMILES string of the molecule is CCOc1cc(/C=N\NC(=O)CSc2nncn2C)ccc1OC(C)=O. The van der Waals surface area contributed by atoms with Crippen LogP contribution in [0.2, 0.25) is 0 Å². The van der Waals surface area contributed by atoms with Gasteiger partial charge in [-0.2, -0.15) is 5.10 Å². The molecular weight excluding hydrogens is 358 g/mol. The molecule has 2 aromatic rings. The molecule has 138 valence electrons. The summed E-state index contributed by atoms with van der Waals surface area (Å²) < 4.78 is 12.3. The van der Waals surface area contributed by atoms with Crippen LogP contribution in [-0.4, -0.2) is 45.2 Å². The number of carbonyl (C=O) groups is 2. The summed E-state index contributed by atoms with van der Waals surface area (Å²) in [6.45, 7) is 3.57. The highest BCUT2D eigenvalue weighted by molar-refractivity contribution is 7.99. The van der Waals surface area contributed by atoms with E-state index in [0.717, 1.165) is 0 Å². The van der Waals surface area contributed by atoms with E-state index in [1.165, 1.54) is 24.9 Å². The van der Waals surface area contributed by atoms with Crippen LogP contribution in [0.25, 0.3) is 0 Å². The van der Waals surface area contributed by atoms with Crippen molar-refractivity contribution in [2.45, 2.75) is 19.0 Å². The van der Waals surface area contributed by atoms with E-state index in [0.29, 0.717) is 28.8 Å². The molecule has 26 heavy (non-hydrogen) atoms. The first kappa shape index (κ1) is 19.4. The first-order valence-corrected chi connectivity index (χ1v) is 8.72. The summed E-state index contributed by atoms with van der Waals surface area (Å²) >= 11 is 1.26. The number of hydrogen-bond donors (Lipinski definition) is 1. The first-order valence-electron chi connectivity index (χ1n) is 7.73. The molecule has 10 heteroatoms. The molecule has 0 spiro atoms. The number of esters is 1. The van der Waals surface area contributed by atoms with Crippen LogP contribution in [-0.2, 0) is 16.6 Å². The number of thioether (sulfide) groups is 1. The van der Waals surface area contributed by atoms with Crippen LogP contribution in [0.5, 0.6) is 11.5 Å². The zero-order valence-corrected chi connectivity index (χ0v) is 15.4. The maximum atomic E-state index is 11.8. The molecule has 0 atom stereocenters. The van der Waals surface area contributed by atoms with Crippen LogP contribution in [0.15, 0.2) is 34.8 Å². The molecule has 0 saturated heterocycles. The summed E-state index contributed by atoms with van der Waals surface area (Å²) in [5.74, 6) is 0.228. The molecular formula is C16H19N5O4S. The number of nitrogens with one attached hydrogen (secondary N) is 1. The molecule has 0 fully saturated rings. The highest BCUT2D eigenvalue weighted by Gasteiger charge is 2.09. The lowest BCUT2D eigenvalue weighted by Gasteiger charge is -2.10. The highest BCUT2D eigenvalue weighted by atomic mass is 32.2. The zero-order chi connectivity index (χ0) is 18.9. The molecule has 0 radical (unpaired) electrons. The summed E-state index contributed by atoms with van der Waals surface area (Å²) in [6.07, 6.45) is 3.04. The van der Waals surface area contributed by atoms with Crippen molar-refractivity contribution in [1.82, 2.24) is 20.2 Å². The average molecular weight is 377 g/mol. The fourth-order valence-corrected chi connectivity index (χ4v) is 2.54. The average Bonchev–Trinajstić information content (AvgIpc) is 3.00. The van der Waals surface area contributed by atoms with Crippen molar-refractivity contribution in [2.75, 3.05) is 12.4 Å². The molecule has 9 nitrogen and oxygen atoms in total.